The predicted octanol–water partition coefficient (Wildman–Crippen LogP) is 4.93. The van der Waals surface area contributed by atoms with E-state index in [1.807, 2.05) is 67.5 Å². The van der Waals surface area contributed by atoms with E-state index in [0.29, 0.717) is 42.1 Å². The van der Waals surface area contributed by atoms with Gasteiger partial charge in [-0.15, -0.1) is 0 Å². The number of benzene rings is 3. The van der Waals surface area contributed by atoms with E-state index in [9.17, 15) is 20.1 Å². The molecule has 1 heterocycles. The molecule has 7 rings (SSSR count). The number of methoxy groups -OCH3 is 2. The third kappa shape index (κ3) is 8.59. The van der Waals surface area contributed by atoms with Gasteiger partial charge in [-0.05, 0) is 84.2 Å². The number of hydroxylamine groups is 2. The molecular weight excluding hydrogens is 697 g/mol. The molecule has 3 saturated carbocycles. The van der Waals surface area contributed by atoms with Gasteiger partial charge in [0.25, 0.3) is 0 Å². The lowest BCUT2D eigenvalue weighted by Crippen LogP contribution is -2.62. The van der Waals surface area contributed by atoms with E-state index >= 15 is 0 Å². The van der Waals surface area contributed by atoms with Crippen molar-refractivity contribution >= 4 is 11.6 Å². The molecule has 4 fully saturated rings. The third-order valence-electron chi connectivity index (χ3n) is 12.9. The molecule has 0 radical (unpaired) electrons. The molecule has 1 amide bonds. The van der Waals surface area contributed by atoms with E-state index in [4.69, 9.17) is 14.3 Å². The minimum Gasteiger partial charge on any atom is -0.496 e. The van der Waals surface area contributed by atoms with Gasteiger partial charge in [0.2, 0.25) is 5.91 Å². The molecular formula is C44H62N4O7. The Hall–Kier alpha value is -3.55. The summed E-state index contributed by atoms with van der Waals surface area (Å²) in [6.07, 6.45) is 0.191. The number of anilines is 1. The lowest BCUT2D eigenvalue weighted by molar-refractivity contribution is -0.183. The van der Waals surface area contributed by atoms with Crippen LogP contribution in [0.2, 0.25) is 0 Å². The van der Waals surface area contributed by atoms with Crippen molar-refractivity contribution in [2.75, 3.05) is 46.4 Å². The van der Waals surface area contributed by atoms with Crippen molar-refractivity contribution in [1.82, 2.24) is 15.7 Å². The van der Waals surface area contributed by atoms with E-state index in [-0.39, 0.29) is 36.6 Å². The van der Waals surface area contributed by atoms with Crippen molar-refractivity contribution < 1.29 is 34.4 Å². The van der Waals surface area contributed by atoms with E-state index < -0.39 is 30.4 Å². The Morgan fingerprint density at radius 3 is 2.42 bits per heavy atom. The molecule has 11 heteroatoms. The van der Waals surface area contributed by atoms with Crippen LogP contribution in [0.4, 0.5) is 5.69 Å². The number of amides is 1. The molecule has 2 bridgehead atoms. The first-order chi connectivity index (χ1) is 26.3. The highest BCUT2D eigenvalue weighted by Crippen LogP contribution is 2.61. The van der Waals surface area contributed by atoms with Gasteiger partial charge in [-0.3, -0.25) is 14.9 Å². The Morgan fingerprint density at radius 1 is 1.05 bits per heavy atom. The second-order valence-corrected chi connectivity index (χ2v) is 16.9. The first-order valence-corrected chi connectivity index (χ1v) is 19.8. The minimum absolute atomic E-state index is 0.0398. The Morgan fingerprint density at radius 2 is 1.80 bits per heavy atom. The molecule has 1 unspecified atom stereocenters. The van der Waals surface area contributed by atoms with Crippen molar-refractivity contribution in [3.8, 4) is 16.9 Å². The number of para-hydroxylation sites is 1. The summed E-state index contributed by atoms with van der Waals surface area (Å²) in [6, 6.07) is 21.0. The van der Waals surface area contributed by atoms with Gasteiger partial charge in [0.15, 0.2) is 0 Å². The summed E-state index contributed by atoms with van der Waals surface area (Å²) in [5.74, 6) is 1.23. The van der Waals surface area contributed by atoms with Crippen LogP contribution in [0.5, 0.6) is 5.75 Å². The van der Waals surface area contributed by atoms with E-state index in [1.165, 1.54) is 6.42 Å². The molecule has 55 heavy (non-hydrogen) atoms. The molecule has 0 aromatic heterocycles. The van der Waals surface area contributed by atoms with Crippen LogP contribution in [-0.4, -0.2) is 98.2 Å². The van der Waals surface area contributed by atoms with Crippen LogP contribution in [-0.2, 0) is 27.3 Å². The average Bonchev–Trinajstić information content (AvgIpc) is 3.54. The molecule has 3 aromatic carbocycles. The Labute approximate surface area is 326 Å². The number of aliphatic hydroxyl groups excluding tert-OH is 3. The van der Waals surface area contributed by atoms with Crippen LogP contribution >= 0.6 is 0 Å². The van der Waals surface area contributed by atoms with Crippen LogP contribution in [0, 0.1) is 29.1 Å². The quantitative estimate of drug-likeness (QED) is 0.128. The molecule has 3 aromatic rings. The zero-order valence-electron chi connectivity index (χ0n) is 33.7. The summed E-state index contributed by atoms with van der Waals surface area (Å²) in [5.41, 5.74) is 5.43. The molecule has 3 aliphatic carbocycles. The fourth-order valence-corrected chi connectivity index (χ4v) is 9.62. The highest BCUT2D eigenvalue weighted by molar-refractivity contribution is 5.83. The predicted molar refractivity (Wildman–Crippen MR) is 214 cm³/mol. The molecule has 1 aliphatic heterocycles. The lowest BCUT2D eigenvalue weighted by Gasteiger charge is -2.62. The minimum atomic E-state index is -0.981. The van der Waals surface area contributed by atoms with Crippen molar-refractivity contribution in [3.63, 3.8) is 0 Å². The van der Waals surface area contributed by atoms with Crippen LogP contribution in [0.25, 0.3) is 11.1 Å². The van der Waals surface area contributed by atoms with Gasteiger partial charge >= 0.3 is 0 Å². The smallest absolute Gasteiger partial charge is 0.240 e. The van der Waals surface area contributed by atoms with E-state index in [0.717, 1.165) is 34.4 Å². The molecule has 5 N–H and O–H groups in total. The fraction of sp³-hybridized carbons (Fsp3) is 0.568. The van der Waals surface area contributed by atoms with Gasteiger partial charge in [-0.25, -0.2) is 0 Å². The second kappa shape index (κ2) is 17.3. The maximum atomic E-state index is 14.3. The van der Waals surface area contributed by atoms with E-state index in [2.05, 4.69) is 49.6 Å². The lowest BCUT2D eigenvalue weighted by atomic mass is 9.45. The molecule has 10 atom stereocenters. The zero-order chi connectivity index (χ0) is 39.6. The molecule has 4 aliphatic rings. The normalized spacial score (nSPS) is 27.5. The van der Waals surface area contributed by atoms with Crippen LogP contribution in [0.1, 0.15) is 63.5 Å². The van der Waals surface area contributed by atoms with Gasteiger partial charge in [-0.1, -0.05) is 69.3 Å². The topological polar surface area (TPSA) is 136 Å². The van der Waals surface area contributed by atoms with E-state index in [1.54, 1.807) is 26.2 Å². The average molecular weight is 759 g/mol. The van der Waals surface area contributed by atoms with Crippen LogP contribution < -0.4 is 20.3 Å². The number of carbonyl (C=O) groups is 1. The Bertz CT molecular complexity index is 1750. The molecule has 11 nitrogen and oxygen atoms in total. The number of rotatable bonds is 16. The van der Waals surface area contributed by atoms with Crippen molar-refractivity contribution in [2.24, 2.45) is 29.1 Å². The second-order valence-electron chi connectivity index (χ2n) is 16.9. The number of nitrogens with zero attached hydrogens (tertiary/aromatic N) is 2. The largest absolute Gasteiger partial charge is 0.496 e. The summed E-state index contributed by atoms with van der Waals surface area (Å²) < 4.78 is 11.6. The number of carbonyl (C=O) groups excluding carboxylic acids is 1. The first-order valence-electron chi connectivity index (χ1n) is 19.8. The number of hydrogen-bond acceptors (Lipinski definition) is 10. The van der Waals surface area contributed by atoms with Gasteiger partial charge in [0.1, 0.15) is 24.1 Å². The number of ether oxygens (including phenoxy) is 2. The summed E-state index contributed by atoms with van der Waals surface area (Å²) in [4.78, 5) is 22.6. The molecule has 0 spiro atoms. The summed E-state index contributed by atoms with van der Waals surface area (Å²) >= 11 is 0. The summed E-state index contributed by atoms with van der Waals surface area (Å²) in [6.45, 7) is 8.83. The SMILES string of the molecule is COC[C@@H](Cc1ccccc1)NC(O)c1cc(-c2cccc(CN3O[C@@H](CO)[C@@H]([C@H](C)O)[C@H]3C(=O)N[C@H]3C[C@H]4C[C@@H]([C@@H]3C)C4(C)C)c2OC)cc(N(C)C)c1. The molecule has 300 valence electrons. The number of aliphatic hydroxyl groups is 3. The Balaban J connectivity index is 1.28. The van der Waals surface area contributed by atoms with Crippen molar-refractivity contribution in [1.29, 1.82) is 0 Å². The van der Waals surface area contributed by atoms with Gasteiger partial charge in [-0.2, -0.15) is 5.06 Å². The number of hydrogen-bond donors (Lipinski definition) is 5. The standard InChI is InChI=1S/C44H62N4O7/c1-26-36-21-32(44(36,3)4)22-37(26)46-43(52)40-39(27(2)50)38(24-49)55-48(40)23-29-15-12-16-35(41(29)54-8)30-18-31(20-34(19-30)47(5)6)42(51)45-33(25-53-7)17-28-13-10-9-11-14-28/h9-16,18-20,26-27,32-33,36-40,42,45,49-51H,17,21-25H2,1-8H3,(H,46,52)/t26-,27-,32+,33+,36-,37-,38-,39+,40-,42?/m0/s1. The summed E-state index contributed by atoms with van der Waals surface area (Å²) in [5, 5.41) is 41.3. The fourth-order valence-electron chi connectivity index (χ4n) is 9.62. The monoisotopic (exact) mass is 758 g/mol. The number of fused-ring (bicyclic) bond motifs is 2. The number of nitrogens with one attached hydrogen (secondary N) is 2. The van der Waals surface area contributed by atoms with Gasteiger partial charge in [0.05, 0.1) is 33.0 Å². The van der Waals surface area contributed by atoms with Crippen molar-refractivity contribution in [3.05, 3.63) is 83.4 Å². The maximum Gasteiger partial charge on any atom is 0.240 e. The van der Waals surface area contributed by atoms with Crippen LogP contribution in [0.15, 0.2) is 66.7 Å². The van der Waals surface area contributed by atoms with Crippen molar-refractivity contribution in [2.45, 2.75) is 90.1 Å². The highest BCUT2D eigenvalue weighted by Gasteiger charge is 2.57. The van der Waals surface area contributed by atoms with Gasteiger partial charge in [0, 0.05) is 56.0 Å². The van der Waals surface area contributed by atoms with Crippen LogP contribution in [0.3, 0.4) is 0 Å². The summed E-state index contributed by atoms with van der Waals surface area (Å²) in [7, 11) is 7.20. The Kier molecular flexibility index (Phi) is 12.9. The first kappa shape index (κ1) is 41.1. The van der Waals surface area contributed by atoms with Gasteiger partial charge < -0.3 is 35.0 Å². The highest BCUT2D eigenvalue weighted by atomic mass is 16.7. The molecule has 1 saturated heterocycles. The third-order valence-corrected chi connectivity index (χ3v) is 12.9. The zero-order valence-corrected chi connectivity index (χ0v) is 33.7. The maximum absolute atomic E-state index is 14.3.